The third-order valence-corrected chi connectivity index (χ3v) is 3.88. The molecule has 8 heteroatoms. The number of halogens is 2. The van der Waals surface area contributed by atoms with E-state index in [0.717, 1.165) is 0 Å². The van der Waals surface area contributed by atoms with Crippen LogP contribution >= 0.6 is 0 Å². The summed E-state index contributed by atoms with van der Waals surface area (Å²) in [6.45, 7) is 4.38. The van der Waals surface area contributed by atoms with Crippen LogP contribution in [-0.2, 0) is 11.3 Å². The van der Waals surface area contributed by atoms with Gasteiger partial charge >= 0.3 is 6.09 Å². The number of likely N-dealkylation sites (tertiary alicyclic amines) is 1. The molecule has 1 aliphatic heterocycles. The lowest BCUT2D eigenvalue weighted by Gasteiger charge is -2.38. The summed E-state index contributed by atoms with van der Waals surface area (Å²) in [6, 6.07) is 2.67. The second-order valence-corrected chi connectivity index (χ2v) is 6.94. The Morgan fingerprint density at radius 3 is 2.75 bits per heavy atom. The molecular weight excluding hydrogens is 322 g/mol. The average molecular weight is 345 g/mol. The average Bonchev–Trinajstić information content (AvgIpc) is 2.46. The Hall–Kier alpha value is -1.96. The molecule has 1 aliphatic rings. The molecule has 0 bridgehead atoms. The van der Waals surface area contributed by atoms with Gasteiger partial charge in [-0.05, 0) is 26.3 Å². The van der Waals surface area contributed by atoms with E-state index in [-0.39, 0.29) is 24.3 Å². The molecule has 0 saturated carbocycles. The van der Waals surface area contributed by atoms with E-state index in [2.05, 4.69) is 0 Å². The highest BCUT2D eigenvalue weighted by atomic mass is 19.3. The Balaban J connectivity index is 2.24. The summed E-state index contributed by atoms with van der Waals surface area (Å²) in [5.41, 5.74) is -0.355. The monoisotopic (exact) mass is 345 g/mol. The van der Waals surface area contributed by atoms with Crippen molar-refractivity contribution in [2.45, 2.75) is 51.2 Å². The van der Waals surface area contributed by atoms with Crippen LogP contribution in [0.25, 0.3) is 0 Å². The zero-order chi connectivity index (χ0) is 18.1. The van der Waals surface area contributed by atoms with Crippen molar-refractivity contribution in [3.8, 4) is 0 Å². The number of aliphatic hydroxyl groups is 1. The standard InChI is InChI=1S/C16H23F2N2O4/c1-15(2,3)24-14(22)19-7-5-16(17,18)13(9-19)11-4-6-20(23)12(8-11)10-21/h4,6,8,13,21,23H,5,7,9-10H2,1-3H3/q+1. The third-order valence-electron chi connectivity index (χ3n) is 3.88. The Bertz CT molecular complexity index is 617. The van der Waals surface area contributed by atoms with Crippen LogP contribution in [0.1, 0.15) is 44.4 Å². The van der Waals surface area contributed by atoms with Gasteiger partial charge in [-0.1, -0.05) is 0 Å². The van der Waals surface area contributed by atoms with Crippen LogP contribution in [0.2, 0.25) is 0 Å². The summed E-state index contributed by atoms with van der Waals surface area (Å²) in [4.78, 5) is 13.4. The van der Waals surface area contributed by atoms with Crippen LogP contribution in [0.4, 0.5) is 13.6 Å². The molecule has 134 valence electrons. The molecule has 0 spiro atoms. The number of pyridine rings is 1. The van der Waals surface area contributed by atoms with Crippen LogP contribution < -0.4 is 4.73 Å². The summed E-state index contributed by atoms with van der Waals surface area (Å²) < 4.78 is 34.6. The zero-order valence-electron chi connectivity index (χ0n) is 14.0. The van der Waals surface area contributed by atoms with Crippen molar-refractivity contribution >= 4 is 6.09 Å². The quantitative estimate of drug-likeness (QED) is 0.636. The van der Waals surface area contributed by atoms with E-state index < -0.39 is 36.6 Å². The first-order valence-electron chi connectivity index (χ1n) is 7.74. The minimum atomic E-state index is -2.99. The van der Waals surface area contributed by atoms with E-state index in [4.69, 9.17) is 4.74 Å². The Kier molecular flexibility index (Phi) is 4.98. The van der Waals surface area contributed by atoms with Gasteiger partial charge in [0.2, 0.25) is 6.20 Å². The fourth-order valence-electron chi connectivity index (χ4n) is 2.64. The summed E-state index contributed by atoms with van der Waals surface area (Å²) >= 11 is 0. The van der Waals surface area contributed by atoms with Gasteiger partial charge in [0.25, 0.3) is 11.6 Å². The Morgan fingerprint density at radius 2 is 2.17 bits per heavy atom. The maximum absolute atomic E-state index is 14.4. The van der Waals surface area contributed by atoms with Gasteiger partial charge in [-0.25, -0.2) is 13.6 Å². The first-order chi connectivity index (χ1) is 11.0. The molecule has 0 aromatic carbocycles. The van der Waals surface area contributed by atoms with Crippen LogP contribution in [0.3, 0.4) is 0 Å². The van der Waals surface area contributed by atoms with Crippen molar-refractivity contribution < 1.29 is 33.4 Å². The summed E-state index contributed by atoms with van der Waals surface area (Å²) in [6.07, 6.45) is 0.0986. The summed E-state index contributed by atoms with van der Waals surface area (Å²) in [7, 11) is 0. The maximum atomic E-state index is 14.4. The van der Waals surface area contributed by atoms with Gasteiger partial charge in [0.15, 0.2) is 0 Å². The van der Waals surface area contributed by atoms with Crippen molar-refractivity contribution in [1.82, 2.24) is 4.90 Å². The molecular formula is C16H23F2N2O4+. The smallest absolute Gasteiger partial charge is 0.410 e. The number of piperidine rings is 1. The molecule has 1 unspecified atom stereocenters. The fraction of sp³-hybridized carbons (Fsp3) is 0.625. The lowest BCUT2D eigenvalue weighted by molar-refractivity contribution is -0.910. The SMILES string of the molecule is CC(C)(C)OC(=O)N1CCC(F)(F)C(c2cc[n+](O)c(CO)c2)C1. The number of carbonyl (C=O) groups is 1. The zero-order valence-corrected chi connectivity index (χ0v) is 14.0. The molecule has 0 aliphatic carbocycles. The fourth-order valence-corrected chi connectivity index (χ4v) is 2.64. The predicted octanol–water partition coefficient (Wildman–Crippen LogP) is 2.06. The van der Waals surface area contributed by atoms with E-state index >= 15 is 0 Å². The Morgan fingerprint density at radius 1 is 1.50 bits per heavy atom. The summed E-state index contributed by atoms with van der Waals surface area (Å²) in [5, 5.41) is 18.7. The first kappa shape index (κ1) is 18.4. The normalized spacial score (nSPS) is 20.8. The number of amides is 1. The second kappa shape index (κ2) is 6.51. The molecule has 1 saturated heterocycles. The number of nitrogens with zero attached hydrogens (tertiary/aromatic N) is 2. The van der Waals surface area contributed by atoms with Gasteiger partial charge in [0.1, 0.15) is 12.2 Å². The molecule has 0 radical (unpaired) electrons. The van der Waals surface area contributed by atoms with Gasteiger partial charge in [-0.2, -0.15) is 0 Å². The molecule has 1 amide bonds. The van der Waals surface area contributed by atoms with Crippen molar-refractivity contribution in [1.29, 1.82) is 0 Å². The van der Waals surface area contributed by atoms with E-state index in [9.17, 15) is 23.9 Å². The molecule has 2 heterocycles. The van der Waals surface area contributed by atoms with Crippen LogP contribution in [0.15, 0.2) is 18.3 Å². The molecule has 24 heavy (non-hydrogen) atoms. The maximum Gasteiger partial charge on any atom is 0.410 e. The molecule has 1 fully saturated rings. The van der Waals surface area contributed by atoms with Crippen molar-refractivity contribution in [3.05, 3.63) is 29.6 Å². The first-order valence-corrected chi connectivity index (χ1v) is 7.74. The van der Waals surface area contributed by atoms with Gasteiger partial charge in [-0.15, -0.1) is 0 Å². The van der Waals surface area contributed by atoms with Gasteiger partial charge in [0, 0.05) is 36.4 Å². The van der Waals surface area contributed by atoms with E-state index in [1.807, 2.05) is 0 Å². The topological polar surface area (TPSA) is 73.9 Å². The lowest BCUT2D eigenvalue weighted by atomic mass is 9.87. The van der Waals surface area contributed by atoms with Crippen LogP contribution in [0.5, 0.6) is 0 Å². The number of alkyl halides is 2. The van der Waals surface area contributed by atoms with Gasteiger partial charge in [-0.3, -0.25) is 5.21 Å². The number of ether oxygens (including phenoxy) is 1. The molecule has 6 nitrogen and oxygen atoms in total. The molecule has 2 rings (SSSR count). The number of aromatic nitrogens is 1. The van der Waals surface area contributed by atoms with Crippen LogP contribution in [-0.4, -0.2) is 45.9 Å². The number of hydrogen-bond donors (Lipinski definition) is 2. The van der Waals surface area contributed by atoms with E-state index in [1.54, 1.807) is 20.8 Å². The van der Waals surface area contributed by atoms with Gasteiger partial charge < -0.3 is 14.7 Å². The second-order valence-electron chi connectivity index (χ2n) is 6.94. The highest BCUT2D eigenvalue weighted by Crippen LogP contribution is 2.40. The van der Waals surface area contributed by atoms with Crippen molar-refractivity contribution in [2.24, 2.45) is 0 Å². The summed E-state index contributed by atoms with van der Waals surface area (Å²) in [5.74, 6) is -4.22. The van der Waals surface area contributed by atoms with Crippen molar-refractivity contribution in [2.75, 3.05) is 13.1 Å². The largest absolute Gasteiger partial charge is 0.444 e. The highest BCUT2D eigenvalue weighted by molar-refractivity contribution is 5.68. The van der Waals surface area contributed by atoms with Crippen LogP contribution in [0, 0.1) is 0 Å². The van der Waals surface area contributed by atoms with Gasteiger partial charge in [0.05, 0.1) is 5.92 Å². The van der Waals surface area contributed by atoms with E-state index in [0.29, 0.717) is 4.73 Å². The number of rotatable bonds is 2. The number of hydrogen-bond acceptors (Lipinski definition) is 4. The minimum absolute atomic E-state index is 0.0852. The minimum Gasteiger partial charge on any atom is -0.444 e. The third kappa shape index (κ3) is 4.11. The number of aliphatic hydroxyl groups excluding tert-OH is 1. The van der Waals surface area contributed by atoms with E-state index in [1.165, 1.54) is 23.2 Å². The predicted molar refractivity (Wildman–Crippen MR) is 79.9 cm³/mol. The highest BCUT2D eigenvalue weighted by Gasteiger charge is 2.47. The van der Waals surface area contributed by atoms with Crippen molar-refractivity contribution in [3.63, 3.8) is 0 Å². The molecule has 1 aromatic rings. The lowest BCUT2D eigenvalue weighted by Crippen LogP contribution is -2.49. The molecule has 1 aromatic heterocycles. The number of carbonyl (C=O) groups excluding carboxylic acids is 1. The molecule has 2 N–H and O–H groups in total. The Labute approximate surface area is 139 Å². The molecule has 1 atom stereocenters.